The molecule has 0 aliphatic rings. The largest absolute Gasteiger partial charge is 0.361 e. The summed E-state index contributed by atoms with van der Waals surface area (Å²) in [5.74, 6) is 0.797. The molecule has 1 aromatic carbocycles. The maximum atomic E-state index is 5.39. The van der Waals surface area contributed by atoms with Crippen molar-refractivity contribution >= 4 is 33.6 Å². The number of nitrogens with zero attached hydrogens (tertiary/aromatic N) is 4. The van der Waals surface area contributed by atoms with Gasteiger partial charge in [-0.3, -0.25) is 9.97 Å². The Kier molecular flexibility index (Phi) is 4.86. The van der Waals surface area contributed by atoms with E-state index in [0.29, 0.717) is 0 Å². The molecule has 0 radical (unpaired) electrons. The fraction of sp³-hybridized carbons (Fsp3) is 0.125. The van der Waals surface area contributed by atoms with Crippen LogP contribution in [0.4, 0.5) is 0 Å². The van der Waals surface area contributed by atoms with Crippen LogP contribution in [0.5, 0.6) is 0 Å². The van der Waals surface area contributed by atoms with Gasteiger partial charge in [-0.25, -0.2) is 0 Å². The van der Waals surface area contributed by atoms with Crippen LogP contribution in [-0.2, 0) is 0 Å². The van der Waals surface area contributed by atoms with Crippen molar-refractivity contribution in [3.8, 4) is 11.1 Å². The summed E-state index contributed by atoms with van der Waals surface area (Å²) in [6.45, 7) is 3.89. The van der Waals surface area contributed by atoms with E-state index in [1.807, 2.05) is 44.4 Å². The first kappa shape index (κ1) is 19.0. The zero-order chi connectivity index (χ0) is 20.7. The molecule has 0 saturated carbocycles. The van der Waals surface area contributed by atoms with Gasteiger partial charge in [-0.1, -0.05) is 41.6 Å². The van der Waals surface area contributed by atoms with Crippen LogP contribution in [0.25, 0.3) is 22.2 Å². The first-order valence-corrected chi connectivity index (χ1v) is 10.8. The Labute approximate surface area is 187 Å². The molecule has 148 valence electrons. The average molecular weight is 506 g/mol. The zero-order valence-corrected chi connectivity index (χ0v) is 18.7. The van der Waals surface area contributed by atoms with E-state index in [9.17, 15) is 0 Å². The highest BCUT2D eigenvalue weighted by Crippen LogP contribution is 2.35. The molecule has 5 aromatic rings. The Morgan fingerprint density at radius 2 is 1.80 bits per heavy atom. The Hall–Kier alpha value is -3.00. The van der Waals surface area contributed by atoms with Gasteiger partial charge in [-0.15, -0.1) is 0 Å². The van der Waals surface area contributed by atoms with Gasteiger partial charge < -0.3 is 9.09 Å². The molecule has 4 aromatic heterocycles. The molecule has 1 unspecified atom stereocenters. The first-order valence-electron chi connectivity index (χ1n) is 9.68. The lowest BCUT2D eigenvalue weighted by Gasteiger charge is -2.20. The summed E-state index contributed by atoms with van der Waals surface area (Å²) in [7, 11) is 0. The van der Waals surface area contributed by atoms with Gasteiger partial charge >= 0.3 is 0 Å². The molecule has 5 nitrogen and oxygen atoms in total. The third-order valence-electron chi connectivity index (χ3n) is 5.31. The van der Waals surface area contributed by atoms with E-state index in [4.69, 9.17) is 9.51 Å². The fourth-order valence-electron chi connectivity index (χ4n) is 3.98. The highest BCUT2D eigenvalue weighted by Gasteiger charge is 2.22. The SMILES string of the molecule is Cc1noc(C)c1-c1cnc2c(I)cn(C(c3ccccc3)c3ccccn3)c2c1. The van der Waals surface area contributed by atoms with Crippen LogP contribution in [0.3, 0.4) is 0 Å². The lowest BCUT2D eigenvalue weighted by Crippen LogP contribution is -2.13. The molecular formula is C24H19IN4O. The van der Waals surface area contributed by atoms with E-state index in [-0.39, 0.29) is 6.04 Å². The van der Waals surface area contributed by atoms with E-state index >= 15 is 0 Å². The number of rotatable bonds is 4. The number of aromatic nitrogens is 4. The van der Waals surface area contributed by atoms with Crippen molar-refractivity contribution < 1.29 is 4.52 Å². The molecule has 1 atom stereocenters. The molecule has 30 heavy (non-hydrogen) atoms. The number of hydrogen-bond acceptors (Lipinski definition) is 4. The molecule has 0 saturated heterocycles. The normalized spacial score (nSPS) is 12.4. The number of fused-ring (bicyclic) bond motifs is 1. The highest BCUT2D eigenvalue weighted by molar-refractivity contribution is 14.1. The van der Waals surface area contributed by atoms with Gasteiger partial charge in [0.2, 0.25) is 0 Å². The standard InChI is InChI=1S/C24H19IN4O/c1-15-22(16(2)30-28-15)18-12-21-23(27-13-18)19(25)14-29(21)24(17-8-4-3-5-9-17)20-10-6-7-11-26-20/h3-14,24H,1-2H3. The summed E-state index contributed by atoms with van der Waals surface area (Å²) in [6, 6.07) is 18.6. The van der Waals surface area contributed by atoms with Crippen LogP contribution >= 0.6 is 22.6 Å². The van der Waals surface area contributed by atoms with Gasteiger partial charge in [0.25, 0.3) is 0 Å². The Bertz CT molecular complexity index is 1270. The minimum atomic E-state index is -0.0554. The maximum absolute atomic E-state index is 5.39. The van der Waals surface area contributed by atoms with Crippen molar-refractivity contribution in [2.45, 2.75) is 19.9 Å². The van der Waals surface area contributed by atoms with Crippen molar-refractivity contribution in [3.63, 3.8) is 0 Å². The second-order valence-electron chi connectivity index (χ2n) is 7.24. The summed E-state index contributed by atoms with van der Waals surface area (Å²) in [6.07, 6.45) is 5.90. The highest BCUT2D eigenvalue weighted by atomic mass is 127. The monoisotopic (exact) mass is 506 g/mol. The van der Waals surface area contributed by atoms with E-state index < -0.39 is 0 Å². The van der Waals surface area contributed by atoms with Crippen LogP contribution in [0.2, 0.25) is 0 Å². The number of pyridine rings is 2. The lowest BCUT2D eigenvalue weighted by atomic mass is 10.0. The van der Waals surface area contributed by atoms with Gasteiger partial charge in [-0.05, 0) is 60.2 Å². The second-order valence-corrected chi connectivity index (χ2v) is 8.41. The first-order chi connectivity index (χ1) is 14.6. The van der Waals surface area contributed by atoms with Gasteiger partial charge in [0.15, 0.2) is 0 Å². The third kappa shape index (κ3) is 3.21. The van der Waals surface area contributed by atoms with E-state index in [1.54, 1.807) is 0 Å². The summed E-state index contributed by atoms with van der Waals surface area (Å²) in [5, 5.41) is 4.11. The zero-order valence-electron chi connectivity index (χ0n) is 16.6. The quantitative estimate of drug-likeness (QED) is 0.283. The third-order valence-corrected chi connectivity index (χ3v) is 6.10. The van der Waals surface area contributed by atoms with Crippen LogP contribution < -0.4 is 0 Å². The predicted octanol–water partition coefficient (Wildman–Crippen LogP) is 5.95. The van der Waals surface area contributed by atoms with Gasteiger partial charge in [-0.2, -0.15) is 0 Å². The molecule has 0 N–H and O–H groups in total. The topological polar surface area (TPSA) is 56.7 Å². The molecule has 4 heterocycles. The molecule has 5 rings (SSSR count). The average Bonchev–Trinajstić information content (AvgIpc) is 3.28. The van der Waals surface area contributed by atoms with Gasteiger partial charge in [0.05, 0.1) is 20.5 Å². The van der Waals surface area contributed by atoms with E-state index in [1.165, 1.54) is 5.56 Å². The van der Waals surface area contributed by atoms with Gasteiger partial charge in [0.1, 0.15) is 17.3 Å². The molecule has 0 spiro atoms. The predicted molar refractivity (Wildman–Crippen MR) is 125 cm³/mol. The van der Waals surface area contributed by atoms with Gasteiger partial charge in [0, 0.05) is 29.7 Å². The lowest BCUT2D eigenvalue weighted by molar-refractivity contribution is 0.393. The van der Waals surface area contributed by atoms with Crippen molar-refractivity contribution in [3.05, 3.63) is 99.5 Å². The minimum Gasteiger partial charge on any atom is -0.361 e. The molecular weight excluding hydrogens is 487 g/mol. The molecule has 0 aliphatic heterocycles. The van der Waals surface area contributed by atoms with Crippen LogP contribution in [-0.4, -0.2) is 19.7 Å². The van der Waals surface area contributed by atoms with Crippen LogP contribution in [0, 0.1) is 17.4 Å². The summed E-state index contributed by atoms with van der Waals surface area (Å²) >= 11 is 2.36. The number of halogens is 1. The minimum absolute atomic E-state index is 0.0554. The summed E-state index contributed by atoms with van der Waals surface area (Å²) < 4.78 is 8.76. The number of hydrogen-bond donors (Lipinski definition) is 0. The van der Waals surface area contributed by atoms with Crippen molar-refractivity contribution in [1.29, 1.82) is 0 Å². The maximum Gasteiger partial charge on any atom is 0.141 e. The van der Waals surface area contributed by atoms with Crippen molar-refractivity contribution in [2.24, 2.45) is 0 Å². The smallest absolute Gasteiger partial charge is 0.141 e. The Balaban J connectivity index is 1.77. The number of aryl methyl sites for hydroxylation is 2. The van der Waals surface area contributed by atoms with Crippen molar-refractivity contribution in [2.75, 3.05) is 0 Å². The van der Waals surface area contributed by atoms with E-state index in [2.05, 4.69) is 79.9 Å². The molecule has 0 bridgehead atoms. The molecule has 0 amide bonds. The summed E-state index contributed by atoms with van der Waals surface area (Å²) in [5.41, 5.74) is 7.06. The Morgan fingerprint density at radius 3 is 2.50 bits per heavy atom. The number of benzene rings is 1. The fourth-order valence-corrected chi connectivity index (χ4v) is 4.69. The molecule has 0 fully saturated rings. The molecule has 6 heteroatoms. The van der Waals surface area contributed by atoms with Crippen molar-refractivity contribution in [1.82, 2.24) is 19.7 Å². The summed E-state index contributed by atoms with van der Waals surface area (Å²) in [4.78, 5) is 9.47. The van der Waals surface area contributed by atoms with Crippen LogP contribution in [0.15, 0.2) is 77.7 Å². The second kappa shape index (κ2) is 7.68. The van der Waals surface area contributed by atoms with Crippen LogP contribution in [0.1, 0.15) is 28.8 Å². The Morgan fingerprint density at radius 1 is 1.00 bits per heavy atom. The van der Waals surface area contributed by atoms with E-state index in [0.717, 1.165) is 42.9 Å². The molecule has 0 aliphatic carbocycles.